The predicted octanol–water partition coefficient (Wildman–Crippen LogP) is 6.33. The van der Waals surface area contributed by atoms with Crippen molar-refractivity contribution < 1.29 is 19.0 Å². The first-order valence-corrected chi connectivity index (χ1v) is 12.5. The van der Waals surface area contributed by atoms with Crippen LogP contribution < -0.4 is 0 Å². The minimum atomic E-state index is -0.684. The van der Waals surface area contributed by atoms with Gasteiger partial charge in [0.05, 0.1) is 32.0 Å². The van der Waals surface area contributed by atoms with Crippen LogP contribution in [0, 0.1) is 25.7 Å². The molecule has 1 aliphatic rings. The number of carbonyl (C=O) groups is 1. The van der Waals surface area contributed by atoms with E-state index in [9.17, 15) is 4.79 Å². The second-order valence-corrected chi connectivity index (χ2v) is 9.76. The minimum Gasteiger partial charge on any atom is -0.374 e. The SMILES string of the molecule is Cc1ccc(C(=O)C2OC(COCc3ccccc3)C(C)C(C)C2OCc2ccccc2)c(C)c1. The van der Waals surface area contributed by atoms with Gasteiger partial charge in [0.15, 0.2) is 5.78 Å². The molecule has 1 fully saturated rings. The first-order valence-electron chi connectivity index (χ1n) is 12.5. The summed E-state index contributed by atoms with van der Waals surface area (Å²) in [5.41, 5.74) is 4.99. The maximum absolute atomic E-state index is 13.8. The molecule has 0 amide bonds. The Labute approximate surface area is 209 Å². The molecule has 4 heteroatoms. The van der Waals surface area contributed by atoms with Gasteiger partial charge in [0.2, 0.25) is 0 Å². The van der Waals surface area contributed by atoms with Gasteiger partial charge in [-0.25, -0.2) is 0 Å². The van der Waals surface area contributed by atoms with Gasteiger partial charge in [-0.1, -0.05) is 98.3 Å². The Hall–Kier alpha value is -2.79. The van der Waals surface area contributed by atoms with Gasteiger partial charge in [-0.3, -0.25) is 4.79 Å². The van der Waals surface area contributed by atoms with Crippen LogP contribution in [0.1, 0.15) is 46.5 Å². The van der Waals surface area contributed by atoms with Crippen molar-refractivity contribution in [3.05, 3.63) is 107 Å². The van der Waals surface area contributed by atoms with Gasteiger partial charge < -0.3 is 14.2 Å². The second kappa shape index (κ2) is 11.8. The molecule has 1 heterocycles. The lowest BCUT2D eigenvalue weighted by Crippen LogP contribution is -2.54. The number of aryl methyl sites for hydroxylation is 2. The average Bonchev–Trinajstić information content (AvgIpc) is 2.87. The zero-order valence-corrected chi connectivity index (χ0v) is 21.1. The molecule has 0 bridgehead atoms. The number of carbonyl (C=O) groups excluding carboxylic acids is 1. The molecular formula is C31H36O4. The van der Waals surface area contributed by atoms with Crippen LogP contribution in [0.15, 0.2) is 78.9 Å². The molecule has 4 nitrogen and oxygen atoms in total. The van der Waals surface area contributed by atoms with Gasteiger partial charge in [0.1, 0.15) is 6.10 Å². The summed E-state index contributed by atoms with van der Waals surface area (Å²) in [4.78, 5) is 13.8. The summed E-state index contributed by atoms with van der Waals surface area (Å²) in [6.07, 6.45) is -1.22. The molecule has 0 saturated carbocycles. The van der Waals surface area contributed by atoms with Crippen LogP contribution in [0.4, 0.5) is 0 Å². The molecular weight excluding hydrogens is 436 g/mol. The molecule has 184 valence electrons. The topological polar surface area (TPSA) is 44.8 Å². The zero-order valence-electron chi connectivity index (χ0n) is 21.1. The number of Topliss-reactive ketones (excluding diaryl/α,β-unsaturated/α-hetero) is 1. The molecule has 5 unspecified atom stereocenters. The maximum atomic E-state index is 13.8. The zero-order chi connectivity index (χ0) is 24.8. The Morgan fingerprint density at radius 2 is 1.46 bits per heavy atom. The fraction of sp³-hybridized carbons (Fsp3) is 0.387. The van der Waals surface area contributed by atoms with Crippen molar-refractivity contribution in [2.45, 2.75) is 59.2 Å². The second-order valence-electron chi connectivity index (χ2n) is 9.76. The third-order valence-corrected chi connectivity index (χ3v) is 7.14. The molecule has 0 spiro atoms. The van der Waals surface area contributed by atoms with Gasteiger partial charge in [-0.15, -0.1) is 0 Å². The van der Waals surface area contributed by atoms with E-state index in [1.165, 1.54) is 0 Å². The monoisotopic (exact) mass is 472 g/mol. The molecule has 4 rings (SSSR count). The standard InChI is InChI=1S/C31H36O4/c1-21-15-16-27(22(2)17-21)29(32)31-30(34-19-26-13-9-6-10-14-26)24(4)23(3)28(35-31)20-33-18-25-11-7-5-8-12-25/h5-17,23-24,28,30-31H,18-20H2,1-4H3. The minimum absolute atomic E-state index is 0.0210. The van der Waals surface area contributed by atoms with Gasteiger partial charge in [0, 0.05) is 5.56 Å². The lowest BCUT2D eigenvalue weighted by Gasteiger charge is -2.44. The van der Waals surface area contributed by atoms with E-state index in [1.54, 1.807) is 0 Å². The molecule has 0 radical (unpaired) electrons. The Bertz CT molecular complexity index is 1090. The molecule has 0 N–H and O–H groups in total. The van der Waals surface area contributed by atoms with Crippen LogP contribution in [0.2, 0.25) is 0 Å². The molecule has 0 aliphatic carbocycles. The van der Waals surface area contributed by atoms with Gasteiger partial charge in [-0.2, -0.15) is 0 Å². The Morgan fingerprint density at radius 3 is 2.09 bits per heavy atom. The first kappa shape index (κ1) is 25.3. The maximum Gasteiger partial charge on any atom is 0.194 e. The fourth-order valence-electron chi connectivity index (χ4n) is 4.82. The highest BCUT2D eigenvalue weighted by Crippen LogP contribution is 2.35. The molecule has 5 atom stereocenters. The van der Waals surface area contributed by atoms with E-state index in [4.69, 9.17) is 14.2 Å². The van der Waals surface area contributed by atoms with Crippen LogP contribution in [-0.2, 0) is 27.4 Å². The average molecular weight is 473 g/mol. The van der Waals surface area contributed by atoms with Crippen molar-refractivity contribution >= 4 is 5.78 Å². The van der Waals surface area contributed by atoms with E-state index >= 15 is 0 Å². The Kier molecular flexibility index (Phi) is 8.50. The third kappa shape index (κ3) is 6.26. The summed E-state index contributed by atoms with van der Waals surface area (Å²) in [5, 5.41) is 0. The van der Waals surface area contributed by atoms with Gasteiger partial charge in [-0.05, 0) is 42.4 Å². The Morgan fingerprint density at radius 1 is 0.829 bits per heavy atom. The van der Waals surface area contributed by atoms with Crippen molar-refractivity contribution in [2.75, 3.05) is 6.61 Å². The van der Waals surface area contributed by atoms with Crippen molar-refractivity contribution in [1.29, 1.82) is 0 Å². The van der Waals surface area contributed by atoms with Gasteiger partial charge >= 0.3 is 0 Å². The van der Waals surface area contributed by atoms with E-state index in [-0.39, 0.29) is 29.8 Å². The smallest absolute Gasteiger partial charge is 0.194 e. The lowest BCUT2D eigenvalue weighted by atomic mass is 9.79. The molecule has 1 saturated heterocycles. The number of ketones is 1. The van der Waals surface area contributed by atoms with Crippen molar-refractivity contribution in [1.82, 2.24) is 0 Å². The lowest BCUT2D eigenvalue weighted by molar-refractivity contribution is -0.187. The van der Waals surface area contributed by atoms with E-state index in [1.807, 2.05) is 92.7 Å². The van der Waals surface area contributed by atoms with Crippen LogP contribution in [-0.4, -0.2) is 30.7 Å². The van der Waals surface area contributed by atoms with Crippen LogP contribution in [0.5, 0.6) is 0 Å². The summed E-state index contributed by atoms with van der Waals surface area (Å²) in [6, 6.07) is 26.1. The Balaban J connectivity index is 1.53. The molecule has 3 aromatic rings. The summed E-state index contributed by atoms with van der Waals surface area (Å²) < 4.78 is 19.0. The molecule has 3 aromatic carbocycles. The first-order chi connectivity index (χ1) is 16.9. The quantitative estimate of drug-likeness (QED) is 0.342. The highest BCUT2D eigenvalue weighted by molar-refractivity contribution is 6.01. The van der Waals surface area contributed by atoms with E-state index in [2.05, 4.69) is 13.8 Å². The largest absolute Gasteiger partial charge is 0.374 e. The van der Waals surface area contributed by atoms with Crippen molar-refractivity contribution in [2.24, 2.45) is 11.8 Å². The predicted molar refractivity (Wildman–Crippen MR) is 138 cm³/mol. The highest BCUT2D eigenvalue weighted by atomic mass is 16.6. The number of benzene rings is 3. The van der Waals surface area contributed by atoms with Crippen LogP contribution >= 0.6 is 0 Å². The number of hydrogen-bond donors (Lipinski definition) is 0. The third-order valence-electron chi connectivity index (χ3n) is 7.14. The van der Waals surface area contributed by atoms with E-state index in [0.29, 0.717) is 25.4 Å². The molecule has 0 aromatic heterocycles. The van der Waals surface area contributed by atoms with E-state index in [0.717, 1.165) is 22.3 Å². The number of rotatable bonds is 9. The molecule has 1 aliphatic heterocycles. The highest BCUT2D eigenvalue weighted by Gasteiger charge is 2.45. The number of hydrogen-bond acceptors (Lipinski definition) is 4. The normalized spacial score (nSPS) is 24.3. The van der Waals surface area contributed by atoms with E-state index < -0.39 is 6.10 Å². The summed E-state index contributed by atoms with van der Waals surface area (Å²) in [5.74, 6) is 0.277. The van der Waals surface area contributed by atoms with Crippen molar-refractivity contribution in [3.8, 4) is 0 Å². The van der Waals surface area contributed by atoms with Crippen LogP contribution in [0.25, 0.3) is 0 Å². The summed E-state index contributed by atoms with van der Waals surface area (Å²) >= 11 is 0. The summed E-state index contributed by atoms with van der Waals surface area (Å²) in [6.45, 7) is 9.74. The van der Waals surface area contributed by atoms with Gasteiger partial charge in [0.25, 0.3) is 0 Å². The molecule has 35 heavy (non-hydrogen) atoms. The van der Waals surface area contributed by atoms with Crippen LogP contribution in [0.3, 0.4) is 0 Å². The fourth-order valence-corrected chi connectivity index (χ4v) is 4.82. The summed E-state index contributed by atoms with van der Waals surface area (Å²) in [7, 11) is 0. The number of ether oxygens (including phenoxy) is 3. The van der Waals surface area contributed by atoms with Crippen molar-refractivity contribution in [3.63, 3.8) is 0 Å².